The lowest BCUT2D eigenvalue weighted by atomic mass is 9.98. The van der Waals surface area contributed by atoms with Crippen LogP contribution in [0.15, 0.2) is 54.6 Å². The van der Waals surface area contributed by atoms with Crippen molar-refractivity contribution in [3.63, 3.8) is 0 Å². The summed E-state index contributed by atoms with van der Waals surface area (Å²) >= 11 is 0. The highest BCUT2D eigenvalue weighted by Gasteiger charge is 2.18. The van der Waals surface area contributed by atoms with Crippen molar-refractivity contribution in [2.45, 2.75) is 58.0 Å². The zero-order valence-electron chi connectivity index (χ0n) is 18.1. The zero-order valence-corrected chi connectivity index (χ0v) is 18.1. The summed E-state index contributed by atoms with van der Waals surface area (Å²) in [6.45, 7) is 2.77. The number of carbonyl (C=O) groups is 2. The number of ether oxygens (including phenoxy) is 2. The van der Waals surface area contributed by atoms with Crippen molar-refractivity contribution in [1.29, 1.82) is 0 Å². The van der Waals surface area contributed by atoms with E-state index in [1.807, 2.05) is 24.3 Å². The Morgan fingerprint density at radius 2 is 1.77 bits per heavy atom. The predicted molar refractivity (Wildman–Crippen MR) is 123 cm³/mol. The minimum Gasteiger partial charge on any atom is -0.493 e. The number of para-hydroxylation sites is 1. The number of esters is 1. The number of benzene rings is 2. The van der Waals surface area contributed by atoms with Gasteiger partial charge in [0.2, 0.25) is 5.91 Å². The first-order valence-corrected chi connectivity index (χ1v) is 11.2. The Bertz CT molecular complexity index is 883. The van der Waals surface area contributed by atoms with E-state index in [1.165, 1.54) is 12.5 Å². The largest absolute Gasteiger partial charge is 0.493 e. The highest BCUT2D eigenvalue weighted by molar-refractivity contribution is 6.02. The second-order valence-electron chi connectivity index (χ2n) is 7.81. The van der Waals surface area contributed by atoms with Gasteiger partial charge >= 0.3 is 5.97 Å². The van der Waals surface area contributed by atoms with E-state index < -0.39 is 0 Å². The Balaban J connectivity index is 1.53. The summed E-state index contributed by atoms with van der Waals surface area (Å²) in [4.78, 5) is 24.6. The van der Waals surface area contributed by atoms with Gasteiger partial charge in [-0.25, -0.2) is 4.79 Å². The lowest BCUT2D eigenvalue weighted by Gasteiger charge is -2.21. The second kappa shape index (κ2) is 11.9. The summed E-state index contributed by atoms with van der Waals surface area (Å²) in [6.07, 6.45) is 10.6. The van der Waals surface area contributed by atoms with E-state index in [2.05, 4.69) is 12.2 Å². The lowest BCUT2D eigenvalue weighted by Crippen LogP contribution is -2.20. The molecule has 0 aliphatic heterocycles. The molecule has 1 amide bonds. The molecule has 0 unspecified atom stereocenters. The van der Waals surface area contributed by atoms with Crippen LogP contribution in [0.2, 0.25) is 0 Å². The first kappa shape index (κ1) is 22.6. The first-order chi connectivity index (χ1) is 15.2. The highest BCUT2D eigenvalue weighted by Crippen LogP contribution is 2.22. The van der Waals surface area contributed by atoms with E-state index in [9.17, 15) is 9.59 Å². The Morgan fingerprint density at radius 3 is 2.52 bits per heavy atom. The first-order valence-electron chi connectivity index (χ1n) is 11.2. The number of nitrogens with one attached hydrogen (secondary N) is 1. The zero-order chi connectivity index (χ0) is 21.9. The molecule has 164 valence electrons. The van der Waals surface area contributed by atoms with Crippen LogP contribution in [0.25, 0.3) is 6.08 Å². The number of unbranched alkanes of at least 4 members (excludes halogenated alkanes) is 1. The quantitative estimate of drug-likeness (QED) is 0.306. The Morgan fingerprint density at radius 1 is 1.03 bits per heavy atom. The van der Waals surface area contributed by atoms with Gasteiger partial charge in [0.1, 0.15) is 11.9 Å². The molecule has 1 N–H and O–H groups in total. The van der Waals surface area contributed by atoms with Crippen molar-refractivity contribution in [2.75, 3.05) is 11.9 Å². The average Bonchev–Trinajstić information content (AvgIpc) is 2.80. The van der Waals surface area contributed by atoms with Gasteiger partial charge in [0.25, 0.3) is 0 Å². The normalized spacial score (nSPS) is 14.4. The van der Waals surface area contributed by atoms with Gasteiger partial charge in [-0.2, -0.15) is 0 Å². The van der Waals surface area contributed by atoms with E-state index >= 15 is 0 Å². The lowest BCUT2D eigenvalue weighted by molar-refractivity contribution is -0.111. The van der Waals surface area contributed by atoms with Gasteiger partial charge in [-0.05, 0) is 68.5 Å². The molecule has 1 aliphatic rings. The number of amides is 1. The standard InChI is InChI=1S/C26H31NO4/c1-2-3-19-30-24-12-8-7-9-20(24)15-18-25(28)27-22-16-13-21(14-17-22)26(29)31-23-10-5-4-6-11-23/h7-9,12-18,23H,2-6,10-11,19H2,1H3,(H,27,28)/b18-15+. The fourth-order valence-electron chi connectivity index (χ4n) is 3.52. The molecule has 1 aliphatic carbocycles. The molecule has 3 rings (SSSR count). The third-order valence-electron chi connectivity index (χ3n) is 5.30. The molecule has 1 fully saturated rings. The molecule has 0 atom stereocenters. The van der Waals surface area contributed by atoms with Crippen LogP contribution in [-0.4, -0.2) is 24.6 Å². The van der Waals surface area contributed by atoms with Gasteiger partial charge in [0, 0.05) is 17.3 Å². The highest BCUT2D eigenvalue weighted by atomic mass is 16.5. The fraction of sp³-hybridized carbons (Fsp3) is 0.385. The summed E-state index contributed by atoms with van der Waals surface area (Å²) in [5.41, 5.74) is 1.98. The van der Waals surface area contributed by atoms with E-state index in [1.54, 1.807) is 30.3 Å². The van der Waals surface area contributed by atoms with Crippen LogP contribution in [0.1, 0.15) is 67.8 Å². The monoisotopic (exact) mass is 421 g/mol. The summed E-state index contributed by atoms with van der Waals surface area (Å²) < 4.78 is 11.4. The number of hydrogen-bond acceptors (Lipinski definition) is 4. The van der Waals surface area contributed by atoms with Crippen LogP contribution in [0, 0.1) is 0 Å². The van der Waals surface area contributed by atoms with Gasteiger partial charge in [-0.15, -0.1) is 0 Å². The molecular formula is C26H31NO4. The summed E-state index contributed by atoms with van der Waals surface area (Å²) in [7, 11) is 0. The summed E-state index contributed by atoms with van der Waals surface area (Å²) in [6, 6.07) is 14.4. The number of rotatable bonds is 9. The van der Waals surface area contributed by atoms with Crippen molar-refractivity contribution in [3.8, 4) is 5.75 Å². The Hall–Kier alpha value is -3.08. The van der Waals surface area contributed by atoms with Crippen LogP contribution in [0.4, 0.5) is 5.69 Å². The molecule has 0 spiro atoms. The minimum absolute atomic E-state index is 0.0274. The van der Waals surface area contributed by atoms with E-state index in [0.29, 0.717) is 17.9 Å². The van der Waals surface area contributed by atoms with E-state index in [0.717, 1.165) is 49.8 Å². The van der Waals surface area contributed by atoms with Crippen LogP contribution >= 0.6 is 0 Å². The molecular weight excluding hydrogens is 390 g/mol. The summed E-state index contributed by atoms with van der Waals surface area (Å²) in [5.74, 6) is 0.214. The molecule has 2 aromatic carbocycles. The third-order valence-corrected chi connectivity index (χ3v) is 5.30. The molecule has 0 radical (unpaired) electrons. The van der Waals surface area contributed by atoms with Gasteiger partial charge in [0.15, 0.2) is 0 Å². The topological polar surface area (TPSA) is 64.6 Å². The maximum Gasteiger partial charge on any atom is 0.338 e. The van der Waals surface area contributed by atoms with Crippen molar-refractivity contribution in [1.82, 2.24) is 0 Å². The van der Waals surface area contributed by atoms with Gasteiger partial charge in [-0.1, -0.05) is 38.0 Å². The molecule has 5 nitrogen and oxygen atoms in total. The van der Waals surface area contributed by atoms with Crippen LogP contribution in [-0.2, 0) is 9.53 Å². The van der Waals surface area contributed by atoms with E-state index in [4.69, 9.17) is 9.47 Å². The molecule has 2 aromatic rings. The van der Waals surface area contributed by atoms with Crippen molar-refractivity contribution < 1.29 is 19.1 Å². The Labute approximate surface area is 184 Å². The van der Waals surface area contributed by atoms with Gasteiger partial charge in [0.05, 0.1) is 12.2 Å². The fourth-order valence-corrected chi connectivity index (χ4v) is 3.52. The smallest absolute Gasteiger partial charge is 0.338 e. The van der Waals surface area contributed by atoms with Crippen molar-refractivity contribution in [3.05, 3.63) is 65.7 Å². The van der Waals surface area contributed by atoms with Crippen molar-refractivity contribution >= 4 is 23.6 Å². The van der Waals surface area contributed by atoms with Gasteiger partial charge in [-0.3, -0.25) is 4.79 Å². The molecule has 0 heterocycles. The maximum absolute atomic E-state index is 12.3. The molecule has 0 bridgehead atoms. The van der Waals surface area contributed by atoms with Crippen LogP contribution in [0.3, 0.4) is 0 Å². The molecule has 1 saturated carbocycles. The average molecular weight is 422 g/mol. The molecule has 5 heteroatoms. The summed E-state index contributed by atoms with van der Waals surface area (Å²) in [5, 5.41) is 2.81. The second-order valence-corrected chi connectivity index (χ2v) is 7.81. The van der Waals surface area contributed by atoms with Gasteiger partial charge < -0.3 is 14.8 Å². The number of anilines is 1. The molecule has 31 heavy (non-hydrogen) atoms. The maximum atomic E-state index is 12.3. The minimum atomic E-state index is -0.302. The molecule has 0 saturated heterocycles. The van der Waals surface area contributed by atoms with Crippen molar-refractivity contribution in [2.24, 2.45) is 0 Å². The van der Waals surface area contributed by atoms with E-state index in [-0.39, 0.29) is 18.0 Å². The predicted octanol–water partition coefficient (Wildman–Crippen LogP) is 6.01. The number of carbonyl (C=O) groups excluding carboxylic acids is 2. The Kier molecular flexibility index (Phi) is 8.71. The number of hydrogen-bond donors (Lipinski definition) is 1. The van der Waals surface area contributed by atoms with Crippen LogP contribution < -0.4 is 10.1 Å². The van der Waals surface area contributed by atoms with Crippen LogP contribution in [0.5, 0.6) is 5.75 Å². The SMILES string of the molecule is CCCCOc1ccccc1/C=C/C(=O)Nc1ccc(C(=O)OC2CCCCC2)cc1. The third kappa shape index (κ3) is 7.28. The molecule has 0 aromatic heterocycles.